The summed E-state index contributed by atoms with van der Waals surface area (Å²) in [4.78, 5) is 4.29. The Kier molecular flexibility index (Phi) is 4.19. The Morgan fingerprint density at radius 3 is 2.81 bits per heavy atom. The molecule has 2 heterocycles. The van der Waals surface area contributed by atoms with E-state index in [1.807, 2.05) is 19.4 Å². The van der Waals surface area contributed by atoms with Crippen molar-refractivity contribution in [2.45, 2.75) is 24.5 Å². The zero-order valence-electron chi connectivity index (χ0n) is 12.6. The van der Waals surface area contributed by atoms with Gasteiger partial charge in [-0.1, -0.05) is 18.2 Å². The van der Waals surface area contributed by atoms with E-state index in [2.05, 4.69) is 34.6 Å². The average Bonchev–Trinajstić information content (AvgIpc) is 2.56. The van der Waals surface area contributed by atoms with Crippen LogP contribution in [0.25, 0.3) is 10.8 Å². The van der Waals surface area contributed by atoms with Crippen LogP contribution in [0.4, 0.5) is 0 Å². The first kappa shape index (κ1) is 14.4. The number of benzene rings is 1. The fourth-order valence-electron chi connectivity index (χ4n) is 3.42. The van der Waals surface area contributed by atoms with E-state index >= 15 is 0 Å². The molecule has 0 spiro atoms. The number of hydrogen-bond acceptors (Lipinski definition) is 4. The van der Waals surface area contributed by atoms with Gasteiger partial charge < -0.3 is 14.8 Å². The van der Waals surface area contributed by atoms with E-state index in [4.69, 9.17) is 9.47 Å². The molecule has 1 unspecified atom stereocenters. The van der Waals surface area contributed by atoms with Crippen molar-refractivity contribution < 1.29 is 9.47 Å². The fraction of sp³-hybridized carbons (Fsp3) is 0.471. The van der Waals surface area contributed by atoms with Crippen molar-refractivity contribution >= 4 is 10.8 Å². The maximum absolute atomic E-state index is 5.97. The largest absolute Gasteiger partial charge is 0.381 e. The molecule has 1 aromatic heterocycles. The third-order valence-electron chi connectivity index (χ3n) is 4.59. The van der Waals surface area contributed by atoms with Crippen LogP contribution in [-0.2, 0) is 9.47 Å². The predicted octanol–water partition coefficient (Wildman–Crippen LogP) is 2.69. The molecule has 0 amide bonds. The Morgan fingerprint density at radius 2 is 2.10 bits per heavy atom. The molecule has 1 saturated heterocycles. The highest BCUT2D eigenvalue weighted by Gasteiger charge is 2.41. The number of likely N-dealkylation sites (N-methyl/N-ethyl adjacent to an activating group) is 1. The summed E-state index contributed by atoms with van der Waals surface area (Å²) < 4.78 is 11.5. The van der Waals surface area contributed by atoms with E-state index in [9.17, 15) is 0 Å². The van der Waals surface area contributed by atoms with Gasteiger partial charge in [0.2, 0.25) is 0 Å². The lowest BCUT2D eigenvalue weighted by Crippen LogP contribution is -2.48. The van der Waals surface area contributed by atoms with Gasteiger partial charge in [-0.15, -0.1) is 0 Å². The van der Waals surface area contributed by atoms with Crippen molar-refractivity contribution in [3.8, 4) is 0 Å². The van der Waals surface area contributed by atoms with Crippen molar-refractivity contribution in [2.24, 2.45) is 0 Å². The first-order valence-electron chi connectivity index (χ1n) is 7.43. The van der Waals surface area contributed by atoms with Gasteiger partial charge in [0.25, 0.3) is 0 Å². The molecular weight excluding hydrogens is 264 g/mol. The lowest BCUT2D eigenvalue weighted by molar-refractivity contribution is -0.110. The molecule has 21 heavy (non-hydrogen) atoms. The van der Waals surface area contributed by atoms with Crippen molar-refractivity contribution in [3.05, 3.63) is 42.2 Å². The SMILES string of the molecule is CNC(c1cccc2ccncc12)C1(OC)CCOCC1. The van der Waals surface area contributed by atoms with Crippen molar-refractivity contribution in [1.82, 2.24) is 10.3 Å². The van der Waals surface area contributed by atoms with Crippen molar-refractivity contribution in [3.63, 3.8) is 0 Å². The van der Waals surface area contributed by atoms with Crippen LogP contribution in [0.5, 0.6) is 0 Å². The molecule has 4 heteroatoms. The first-order valence-corrected chi connectivity index (χ1v) is 7.43. The first-order chi connectivity index (χ1) is 10.3. The molecule has 1 fully saturated rings. The van der Waals surface area contributed by atoms with Crippen LogP contribution < -0.4 is 5.32 Å². The highest BCUT2D eigenvalue weighted by molar-refractivity contribution is 5.85. The third-order valence-corrected chi connectivity index (χ3v) is 4.59. The number of pyridine rings is 1. The molecule has 0 aliphatic carbocycles. The third kappa shape index (κ3) is 2.55. The van der Waals surface area contributed by atoms with E-state index in [1.54, 1.807) is 7.11 Å². The van der Waals surface area contributed by atoms with Crippen LogP contribution in [0.1, 0.15) is 24.4 Å². The molecule has 3 rings (SSSR count). The van der Waals surface area contributed by atoms with Gasteiger partial charge in [0.1, 0.15) is 0 Å². The molecule has 1 aromatic carbocycles. The molecule has 1 aliphatic rings. The second kappa shape index (κ2) is 6.10. The van der Waals surface area contributed by atoms with E-state index in [-0.39, 0.29) is 11.6 Å². The summed E-state index contributed by atoms with van der Waals surface area (Å²) in [6.07, 6.45) is 5.57. The van der Waals surface area contributed by atoms with E-state index < -0.39 is 0 Å². The number of ether oxygens (including phenoxy) is 2. The van der Waals surface area contributed by atoms with Crippen LogP contribution >= 0.6 is 0 Å². The van der Waals surface area contributed by atoms with Gasteiger partial charge in [-0.2, -0.15) is 0 Å². The van der Waals surface area contributed by atoms with Crippen LogP contribution in [0.2, 0.25) is 0 Å². The molecule has 0 bridgehead atoms. The Morgan fingerprint density at radius 1 is 1.29 bits per heavy atom. The maximum Gasteiger partial charge on any atom is 0.0916 e. The van der Waals surface area contributed by atoms with E-state index in [0.29, 0.717) is 0 Å². The Bertz CT molecular complexity index is 603. The van der Waals surface area contributed by atoms with Gasteiger partial charge in [0.15, 0.2) is 0 Å². The zero-order valence-corrected chi connectivity index (χ0v) is 12.6. The quantitative estimate of drug-likeness (QED) is 0.938. The Hall–Kier alpha value is -1.49. The standard InChI is InChI=1S/C17H22N2O2/c1-18-16(17(20-2)7-10-21-11-8-17)14-5-3-4-13-6-9-19-12-15(13)14/h3-6,9,12,16,18H,7-8,10-11H2,1-2H3. The van der Waals surface area contributed by atoms with Crippen molar-refractivity contribution in [1.29, 1.82) is 0 Å². The smallest absolute Gasteiger partial charge is 0.0916 e. The molecular formula is C17H22N2O2. The second-order valence-corrected chi connectivity index (χ2v) is 5.55. The minimum atomic E-state index is -0.225. The summed E-state index contributed by atoms with van der Waals surface area (Å²) in [5.41, 5.74) is 1.02. The lowest BCUT2D eigenvalue weighted by atomic mass is 9.81. The van der Waals surface area contributed by atoms with Gasteiger partial charge in [-0.05, 0) is 24.1 Å². The topological polar surface area (TPSA) is 43.4 Å². The molecule has 1 atom stereocenters. The number of aromatic nitrogens is 1. The Labute approximate surface area is 125 Å². The van der Waals surface area contributed by atoms with Crippen LogP contribution in [0.15, 0.2) is 36.7 Å². The molecule has 4 nitrogen and oxygen atoms in total. The molecule has 0 saturated carbocycles. The van der Waals surface area contributed by atoms with E-state index in [0.717, 1.165) is 26.1 Å². The zero-order chi connectivity index (χ0) is 14.7. The van der Waals surface area contributed by atoms with E-state index in [1.165, 1.54) is 16.3 Å². The highest BCUT2D eigenvalue weighted by Crippen LogP contribution is 2.39. The van der Waals surface area contributed by atoms with Crippen molar-refractivity contribution in [2.75, 3.05) is 27.4 Å². The Balaban J connectivity index is 2.09. The normalized spacial score (nSPS) is 19.5. The molecule has 0 radical (unpaired) electrons. The summed E-state index contributed by atoms with van der Waals surface area (Å²) >= 11 is 0. The predicted molar refractivity (Wildman–Crippen MR) is 83.3 cm³/mol. The summed E-state index contributed by atoms with van der Waals surface area (Å²) in [7, 11) is 3.80. The van der Waals surface area contributed by atoms with Crippen LogP contribution in [0, 0.1) is 0 Å². The number of fused-ring (bicyclic) bond motifs is 1. The molecule has 112 valence electrons. The molecule has 1 aliphatic heterocycles. The minimum absolute atomic E-state index is 0.124. The lowest BCUT2D eigenvalue weighted by Gasteiger charge is -2.42. The summed E-state index contributed by atoms with van der Waals surface area (Å²) in [5.74, 6) is 0. The van der Waals surface area contributed by atoms with Gasteiger partial charge >= 0.3 is 0 Å². The maximum atomic E-state index is 5.97. The average molecular weight is 286 g/mol. The fourth-order valence-corrected chi connectivity index (χ4v) is 3.42. The summed E-state index contributed by atoms with van der Waals surface area (Å²) in [6.45, 7) is 1.49. The monoisotopic (exact) mass is 286 g/mol. The molecule has 2 aromatic rings. The van der Waals surface area contributed by atoms with Gasteiger partial charge in [-0.3, -0.25) is 4.98 Å². The number of nitrogens with zero attached hydrogens (tertiary/aromatic N) is 1. The highest BCUT2D eigenvalue weighted by atomic mass is 16.5. The van der Waals surface area contributed by atoms with Gasteiger partial charge in [-0.25, -0.2) is 0 Å². The summed E-state index contributed by atoms with van der Waals surface area (Å²) in [5, 5.41) is 5.86. The van der Waals surface area contributed by atoms with Gasteiger partial charge in [0, 0.05) is 50.9 Å². The van der Waals surface area contributed by atoms with Crippen LogP contribution in [0.3, 0.4) is 0 Å². The van der Waals surface area contributed by atoms with Gasteiger partial charge in [0.05, 0.1) is 11.6 Å². The molecule has 1 N–H and O–H groups in total. The number of rotatable bonds is 4. The second-order valence-electron chi connectivity index (χ2n) is 5.55. The number of methoxy groups -OCH3 is 1. The number of hydrogen-bond donors (Lipinski definition) is 1. The number of nitrogens with one attached hydrogen (secondary N) is 1. The minimum Gasteiger partial charge on any atom is -0.381 e. The van der Waals surface area contributed by atoms with Crippen LogP contribution in [-0.4, -0.2) is 38.0 Å². The summed E-state index contributed by atoms with van der Waals surface area (Å²) in [6, 6.07) is 8.57.